The van der Waals surface area contributed by atoms with Gasteiger partial charge < -0.3 is 4.90 Å². The summed E-state index contributed by atoms with van der Waals surface area (Å²) < 4.78 is 2.21. The van der Waals surface area contributed by atoms with E-state index >= 15 is 0 Å². The lowest BCUT2D eigenvalue weighted by Gasteiger charge is -2.11. The van der Waals surface area contributed by atoms with E-state index in [9.17, 15) is 5.26 Å². The number of likely N-dealkylation sites (N-methyl/N-ethyl adjacent to an activating group) is 1. The first kappa shape index (κ1) is 15.0. The fraction of sp³-hybridized carbons (Fsp3) is 0.368. The third kappa shape index (κ3) is 2.22. The number of benzene rings is 1. The summed E-state index contributed by atoms with van der Waals surface area (Å²) in [5.41, 5.74) is 6.46. The van der Waals surface area contributed by atoms with Gasteiger partial charge in [-0.1, -0.05) is 12.1 Å². The van der Waals surface area contributed by atoms with Gasteiger partial charge >= 0.3 is 0 Å². The number of rotatable bonds is 4. The molecule has 2 heterocycles. The van der Waals surface area contributed by atoms with Gasteiger partial charge in [-0.3, -0.25) is 10.3 Å². The number of imidazole rings is 1. The minimum atomic E-state index is 0.808. The number of quaternary nitrogens is 1. The molecule has 3 N–H and O–H groups in total. The molecule has 0 aliphatic heterocycles. The monoisotopic (exact) mass is 321 g/mol. The Labute approximate surface area is 141 Å². The summed E-state index contributed by atoms with van der Waals surface area (Å²) in [6.45, 7) is 1.97. The lowest BCUT2D eigenvalue weighted by atomic mass is 10.1. The third-order valence-corrected chi connectivity index (χ3v) is 4.92. The van der Waals surface area contributed by atoms with Crippen LogP contribution in [0, 0.1) is 11.3 Å². The van der Waals surface area contributed by atoms with E-state index in [2.05, 4.69) is 53.1 Å². The van der Waals surface area contributed by atoms with Gasteiger partial charge in [0.1, 0.15) is 35.8 Å². The van der Waals surface area contributed by atoms with Gasteiger partial charge in [-0.15, -0.1) is 0 Å². The SMILES string of the molecule is C[NH+](C)CCNc1c2c(c(C#N)c3[nH]c4ccccc4[n+]13)CCC2. The number of aromatic nitrogens is 2. The molecular formula is C19H23N5+2. The number of anilines is 1. The first-order chi connectivity index (χ1) is 11.7. The van der Waals surface area contributed by atoms with E-state index < -0.39 is 0 Å². The van der Waals surface area contributed by atoms with Crippen LogP contribution in [0.15, 0.2) is 24.3 Å². The largest absolute Gasteiger partial charge is 0.337 e. The molecule has 5 nitrogen and oxygen atoms in total. The number of aromatic amines is 1. The van der Waals surface area contributed by atoms with Crippen LogP contribution in [0.25, 0.3) is 16.7 Å². The molecule has 3 aromatic rings. The maximum absolute atomic E-state index is 9.76. The van der Waals surface area contributed by atoms with Gasteiger partial charge in [0.2, 0.25) is 11.5 Å². The van der Waals surface area contributed by atoms with Crippen molar-refractivity contribution in [2.45, 2.75) is 19.3 Å². The van der Waals surface area contributed by atoms with Crippen LogP contribution in [-0.4, -0.2) is 32.2 Å². The van der Waals surface area contributed by atoms with Gasteiger partial charge in [-0.25, -0.2) is 0 Å². The Hall–Kier alpha value is -2.58. The highest BCUT2D eigenvalue weighted by Gasteiger charge is 2.29. The molecule has 0 spiro atoms. The van der Waals surface area contributed by atoms with Crippen molar-refractivity contribution >= 4 is 22.5 Å². The van der Waals surface area contributed by atoms with Gasteiger partial charge in [0.05, 0.1) is 14.1 Å². The summed E-state index contributed by atoms with van der Waals surface area (Å²) in [6, 6.07) is 10.7. The van der Waals surface area contributed by atoms with Crippen LogP contribution < -0.4 is 14.6 Å². The molecule has 0 atom stereocenters. The third-order valence-electron chi connectivity index (χ3n) is 4.92. The molecule has 122 valence electrons. The van der Waals surface area contributed by atoms with Crippen molar-refractivity contribution in [3.63, 3.8) is 0 Å². The number of pyridine rings is 1. The zero-order valence-electron chi connectivity index (χ0n) is 14.2. The predicted octanol–water partition coefficient (Wildman–Crippen LogP) is 0.823. The van der Waals surface area contributed by atoms with Crippen molar-refractivity contribution in [1.29, 1.82) is 5.26 Å². The molecule has 1 aromatic carbocycles. The second-order valence-electron chi connectivity index (χ2n) is 6.86. The molecule has 0 amide bonds. The van der Waals surface area contributed by atoms with E-state index in [1.54, 1.807) is 0 Å². The molecular weight excluding hydrogens is 298 g/mol. The Kier molecular flexibility index (Phi) is 3.62. The van der Waals surface area contributed by atoms with E-state index in [0.29, 0.717) is 0 Å². The molecule has 1 aliphatic rings. The van der Waals surface area contributed by atoms with Crippen LogP contribution in [0.5, 0.6) is 0 Å². The molecule has 0 saturated carbocycles. The Balaban J connectivity index is 1.99. The number of nitriles is 1. The highest BCUT2D eigenvalue weighted by molar-refractivity contribution is 5.78. The number of nitrogens with zero attached hydrogens (tertiary/aromatic N) is 2. The van der Waals surface area contributed by atoms with Crippen molar-refractivity contribution in [3.05, 3.63) is 41.0 Å². The van der Waals surface area contributed by atoms with Gasteiger partial charge in [0.15, 0.2) is 0 Å². The van der Waals surface area contributed by atoms with Gasteiger partial charge in [0, 0.05) is 5.56 Å². The highest BCUT2D eigenvalue weighted by atomic mass is 15.1. The smallest absolute Gasteiger partial charge is 0.250 e. The standard InChI is InChI=1S/C19H21N5/c1-23(2)11-10-21-18-14-7-5-6-13(14)15(12-20)19-22-16-8-3-4-9-17(16)24(18)19/h3-4,8-9H,5-7,10-11H2,1-2H3,(H,21,22)/p+2. The number of nitrogens with one attached hydrogen (secondary N) is 3. The van der Waals surface area contributed by atoms with Crippen molar-refractivity contribution in [3.8, 4) is 6.07 Å². The molecule has 0 bridgehead atoms. The van der Waals surface area contributed by atoms with Crippen LogP contribution in [0.4, 0.5) is 5.82 Å². The molecule has 0 fully saturated rings. The Morgan fingerprint density at radius 1 is 1.25 bits per heavy atom. The lowest BCUT2D eigenvalue weighted by Crippen LogP contribution is -3.06. The Morgan fingerprint density at radius 3 is 2.83 bits per heavy atom. The number of hydrogen-bond donors (Lipinski definition) is 3. The lowest BCUT2D eigenvalue weighted by molar-refractivity contribution is -0.856. The van der Waals surface area contributed by atoms with E-state index in [0.717, 1.165) is 60.4 Å². The first-order valence-corrected chi connectivity index (χ1v) is 8.64. The van der Waals surface area contributed by atoms with Gasteiger partial charge in [-0.2, -0.15) is 9.66 Å². The molecule has 1 aliphatic carbocycles. The predicted molar refractivity (Wildman–Crippen MR) is 94.4 cm³/mol. The average molecular weight is 321 g/mol. The van der Waals surface area contributed by atoms with Crippen molar-refractivity contribution < 1.29 is 9.30 Å². The average Bonchev–Trinajstić information content (AvgIpc) is 3.18. The van der Waals surface area contributed by atoms with Crippen LogP contribution >= 0.6 is 0 Å². The molecule has 0 radical (unpaired) electrons. The number of H-pyrrole nitrogens is 1. The molecule has 4 rings (SSSR count). The topological polar surface area (TPSA) is 60.1 Å². The van der Waals surface area contributed by atoms with Gasteiger partial charge in [-0.05, 0) is 37.0 Å². The number of hydrogen-bond acceptors (Lipinski definition) is 2. The number of fused-ring (bicyclic) bond motifs is 4. The molecule has 0 unspecified atom stereocenters. The summed E-state index contributed by atoms with van der Waals surface area (Å²) in [6.07, 6.45) is 3.17. The zero-order chi connectivity index (χ0) is 16.7. The van der Waals surface area contributed by atoms with Crippen molar-refractivity contribution in [2.75, 3.05) is 32.5 Å². The summed E-state index contributed by atoms with van der Waals surface area (Å²) in [7, 11) is 4.33. The first-order valence-electron chi connectivity index (χ1n) is 8.64. The quantitative estimate of drug-likeness (QED) is 0.623. The van der Waals surface area contributed by atoms with Gasteiger partial charge in [0.25, 0.3) is 0 Å². The second-order valence-corrected chi connectivity index (χ2v) is 6.86. The fourth-order valence-electron chi connectivity index (χ4n) is 3.78. The van der Waals surface area contributed by atoms with E-state index in [1.807, 2.05) is 6.07 Å². The van der Waals surface area contributed by atoms with E-state index in [4.69, 9.17) is 0 Å². The van der Waals surface area contributed by atoms with Crippen molar-refractivity contribution in [1.82, 2.24) is 4.98 Å². The van der Waals surface area contributed by atoms with E-state index in [-0.39, 0.29) is 0 Å². The molecule has 0 saturated heterocycles. The van der Waals surface area contributed by atoms with Crippen LogP contribution in [-0.2, 0) is 12.8 Å². The molecule has 5 heteroatoms. The highest BCUT2D eigenvalue weighted by Crippen LogP contribution is 2.32. The fourth-order valence-corrected chi connectivity index (χ4v) is 3.78. The molecule has 2 aromatic heterocycles. The summed E-state index contributed by atoms with van der Waals surface area (Å²) in [5, 5.41) is 13.4. The van der Waals surface area contributed by atoms with Crippen molar-refractivity contribution in [2.24, 2.45) is 0 Å². The van der Waals surface area contributed by atoms with E-state index in [1.165, 1.54) is 16.0 Å². The van der Waals surface area contributed by atoms with Crippen LogP contribution in [0.2, 0.25) is 0 Å². The Bertz CT molecular complexity index is 961. The summed E-state index contributed by atoms with van der Waals surface area (Å²) in [4.78, 5) is 4.89. The van der Waals surface area contributed by atoms with Crippen LogP contribution in [0.1, 0.15) is 23.1 Å². The minimum absolute atomic E-state index is 0.808. The normalized spacial score (nSPS) is 13.6. The summed E-state index contributed by atoms with van der Waals surface area (Å²) in [5.74, 6) is 1.16. The Morgan fingerprint density at radius 2 is 2.04 bits per heavy atom. The summed E-state index contributed by atoms with van der Waals surface area (Å²) >= 11 is 0. The van der Waals surface area contributed by atoms with Crippen LogP contribution in [0.3, 0.4) is 0 Å². The number of para-hydroxylation sites is 2. The zero-order valence-corrected chi connectivity index (χ0v) is 14.2. The second kappa shape index (κ2) is 5.81. The molecule has 24 heavy (non-hydrogen) atoms. The minimum Gasteiger partial charge on any atom is -0.337 e. The maximum atomic E-state index is 9.76. The maximum Gasteiger partial charge on any atom is 0.250 e.